The molecule has 0 unspecified atom stereocenters. The molecule has 4 aromatic carbocycles. The summed E-state index contributed by atoms with van der Waals surface area (Å²) in [5, 5.41) is 21.0. The van der Waals surface area contributed by atoms with Gasteiger partial charge in [-0.1, -0.05) is 103 Å². The summed E-state index contributed by atoms with van der Waals surface area (Å²) in [5.74, 6) is -2.83. The highest BCUT2D eigenvalue weighted by atomic mass is 16.3. The van der Waals surface area contributed by atoms with Gasteiger partial charge < -0.3 is 36.2 Å². The smallest absolute Gasteiger partial charge is 0.246 e. The summed E-state index contributed by atoms with van der Waals surface area (Å²) in [5.41, 5.74) is 4.23. The maximum absolute atomic E-state index is 14.9. The van der Waals surface area contributed by atoms with E-state index in [9.17, 15) is 38.7 Å². The minimum atomic E-state index is -1.12. The number of carbonyl (C=O) groups excluding carboxylic acids is 7. The fourth-order valence-electron chi connectivity index (χ4n) is 8.26. The van der Waals surface area contributed by atoms with Crippen molar-refractivity contribution in [1.29, 1.82) is 0 Å². The summed E-state index contributed by atoms with van der Waals surface area (Å²) in [6.07, 6.45) is 3.54. The van der Waals surface area contributed by atoms with Crippen LogP contribution in [0.3, 0.4) is 0 Å². The van der Waals surface area contributed by atoms with Crippen molar-refractivity contribution in [3.05, 3.63) is 143 Å². The van der Waals surface area contributed by atoms with Gasteiger partial charge in [0.1, 0.15) is 12.1 Å². The van der Waals surface area contributed by atoms with E-state index < -0.39 is 47.0 Å². The van der Waals surface area contributed by atoms with Crippen molar-refractivity contribution in [2.45, 2.75) is 64.1 Å². The number of carbonyl (C=O) groups is 7. The first kappa shape index (κ1) is 46.6. The number of nitrogens with one attached hydrogen (secondary N) is 4. The topological polar surface area (TPSA) is 194 Å². The van der Waals surface area contributed by atoms with Crippen molar-refractivity contribution in [3.63, 3.8) is 0 Å². The molecule has 4 aromatic rings. The Hall–Kier alpha value is -6.93. The fraction of sp³-hybridized carbons (Fsp3) is 0.340. The van der Waals surface area contributed by atoms with E-state index in [0.29, 0.717) is 42.5 Å². The number of hydrogen-bond acceptors (Lipinski definition) is 8. The van der Waals surface area contributed by atoms with Crippen LogP contribution in [0.4, 0.5) is 0 Å². The third-order valence-electron chi connectivity index (χ3n) is 11.9. The number of amides is 6. The summed E-state index contributed by atoms with van der Waals surface area (Å²) in [4.78, 5) is 97.6. The number of nitrogens with zero attached hydrogens (tertiary/aromatic N) is 2. The van der Waals surface area contributed by atoms with Gasteiger partial charge in [0.05, 0.1) is 18.4 Å². The van der Waals surface area contributed by atoms with Gasteiger partial charge >= 0.3 is 0 Å². The van der Waals surface area contributed by atoms with Crippen molar-refractivity contribution in [2.75, 3.05) is 39.8 Å². The van der Waals surface area contributed by atoms with E-state index in [2.05, 4.69) is 21.3 Å². The average molecular weight is 869 g/mol. The molecule has 334 valence electrons. The number of hydrogen-bond donors (Lipinski definition) is 5. The summed E-state index contributed by atoms with van der Waals surface area (Å²) in [6, 6.07) is 29.5. The number of rotatable bonds is 9. The molecule has 0 radical (unpaired) electrons. The van der Waals surface area contributed by atoms with Crippen LogP contribution in [0.25, 0.3) is 11.1 Å². The lowest BCUT2D eigenvalue weighted by atomic mass is 9.74. The molecule has 0 aliphatic carbocycles. The highest BCUT2D eigenvalue weighted by Crippen LogP contribution is 2.35. The number of fused-ring (bicyclic) bond motifs is 3. The van der Waals surface area contributed by atoms with Crippen molar-refractivity contribution >= 4 is 41.2 Å². The Morgan fingerprint density at radius 3 is 2.16 bits per heavy atom. The molecule has 64 heavy (non-hydrogen) atoms. The molecule has 14 heteroatoms. The monoisotopic (exact) mass is 868 g/mol. The number of Topliss-reactive ketones (excluding diaryl/α,β-unsaturated/α-hetero) is 1. The van der Waals surface area contributed by atoms with E-state index >= 15 is 0 Å². The van der Waals surface area contributed by atoms with Gasteiger partial charge in [-0.2, -0.15) is 0 Å². The maximum atomic E-state index is 14.9. The molecule has 6 rings (SSSR count). The number of ketones is 1. The number of benzene rings is 4. The molecule has 0 spiro atoms. The molecule has 14 nitrogen and oxygen atoms in total. The van der Waals surface area contributed by atoms with Crippen molar-refractivity contribution in [2.24, 2.45) is 5.41 Å². The van der Waals surface area contributed by atoms with E-state index in [-0.39, 0.29) is 63.7 Å². The molecule has 1 fully saturated rings. The number of likely N-dealkylation sites (N-methyl/N-ethyl adjacent to an activating group) is 1. The zero-order valence-electron chi connectivity index (χ0n) is 36.3. The van der Waals surface area contributed by atoms with E-state index in [1.807, 2.05) is 66.7 Å². The molecule has 2 aliphatic rings. The Morgan fingerprint density at radius 1 is 0.797 bits per heavy atom. The van der Waals surface area contributed by atoms with Crippen LogP contribution in [0.1, 0.15) is 58.8 Å². The Labute approximate surface area is 373 Å². The minimum Gasteiger partial charge on any atom is -0.395 e. The van der Waals surface area contributed by atoms with E-state index in [1.54, 1.807) is 41.3 Å². The van der Waals surface area contributed by atoms with E-state index in [4.69, 9.17) is 0 Å². The molecule has 3 atom stereocenters. The Morgan fingerprint density at radius 2 is 1.47 bits per heavy atom. The Kier molecular flexibility index (Phi) is 16.0. The molecular formula is C50H56N6O8. The summed E-state index contributed by atoms with van der Waals surface area (Å²) in [7, 11) is 1.51. The van der Waals surface area contributed by atoms with Crippen LogP contribution in [0.5, 0.6) is 0 Å². The van der Waals surface area contributed by atoms with Crippen molar-refractivity contribution in [3.8, 4) is 11.1 Å². The molecule has 5 N–H and O–H groups in total. The standard InChI is InChI=1S/C50H56N6O8/c1-34(58)37-17-19-39(20-18-37)38-15-13-35(14-16-38)29-43-47(62)52-32-41-12-7-6-11-40(41)30-45(60)53-42(48(63)55(2)27-28-57)23-25-51-44(59)21-22-46(61)56-26-8-24-50(33-56,49(64)54-43)31-36-9-4-3-5-10-36/h3-7,9-22,42-43,57H,8,23-33H2,1-2H3,(H,51,59)(H,52,62)(H,53,60)(H,54,64)/b22-21+/t42-,43-,50-/m0/s1. The lowest BCUT2D eigenvalue weighted by Gasteiger charge is -2.42. The second kappa shape index (κ2) is 21.9. The van der Waals surface area contributed by atoms with Gasteiger partial charge in [0.25, 0.3) is 0 Å². The third kappa shape index (κ3) is 12.4. The Bertz CT molecular complexity index is 2350. The summed E-state index contributed by atoms with van der Waals surface area (Å²) in [6.45, 7) is 1.70. The predicted molar refractivity (Wildman–Crippen MR) is 241 cm³/mol. The van der Waals surface area contributed by atoms with Gasteiger partial charge in [0, 0.05) is 63.9 Å². The van der Waals surface area contributed by atoms with Crippen molar-refractivity contribution < 1.29 is 38.7 Å². The zero-order chi connectivity index (χ0) is 45.6. The second-order valence-corrected chi connectivity index (χ2v) is 16.5. The Balaban J connectivity index is 1.33. The van der Waals surface area contributed by atoms with Gasteiger partial charge in [0.15, 0.2) is 5.78 Å². The van der Waals surface area contributed by atoms with Gasteiger partial charge in [-0.3, -0.25) is 33.6 Å². The molecule has 6 amide bonds. The molecular weight excluding hydrogens is 813 g/mol. The molecule has 2 heterocycles. The van der Waals surface area contributed by atoms with Crippen molar-refractivity contribution in [1.82, 2.24) is 31.1 Å². The highest BCUT2D eigenvalue weighted by molar-refractivity contribution is 5.98. The maximum Gasteiger partial charge on any atom is 0.246 e. The average Bonchev–Trinajstić information content (AvgIpc) is 3.30. The second-order valence-electron chi connectivity index (χ2n) is 16.5. The van der Waals surface area contributed by atoms with Gasteiger partial charge in [-0.25, -0.2) is 0 Å². The van der Waals surface area contributed by atoms with Crippen LogP contribution in [-0.2, 0) is 54.6 Å². The number of aliphatic hydroxyl groups is 1. The first-order valence-corrected chi connectivity index (χ1v) is 21.6. The first-order chi connectivity index (χ1) is 30.8. The van der Waals surface area contributed by atoms with Gasteiger partial charge in [0.2, 0.25) is 35.4 Å². The number of piperidine rings is 1. The lowest BCUT2D eigenvalue weighted by Crippen LogP contribution is -2.58. The van der Waals surface area contributed by atoms with Crippen LogP contribution in [-0.4, -0.2) is 108 Å². The zero-order valence-corrected chi connectivity index (χ0v) is 36.3. The molecule has 2 bridgehead atoms. The van der Waals surface area contributed by atoms with Crippen LogP contribution in [0.15, 0.2) is 115 Å². The largest absolute Gasteiger partial charge is 0.395 e. The SMILES string of the molecule is CC(=O)c1ccc(-c2ccc(C[C@@H]3NC(=O)[C@]4(Cc5ccccc5)CCCN(C4)C(=O)/C=C/C(=O)NCC[C@@H](C(=O)N(C)CCO)NC(=O)Cc4ccccc4CNC3=O)cc2)cc1. The predicted octanol–water partition coefficient (Wildman–Crippen LogP) is 3.31. The fourth-order valence-corrected chi connectivity index (χ4v) is 8.26. The van der Waals surface area contributed by atoms with Crippen LogP contribution in [0, 0.1) is 5.41 Å². The number of aliphatic hydroxyl groups excluding tert-OH is 1. The summed E-state index contributed by atoms with van der Waals surface area (Å²) >= 11 is 0. The van der Waals surface area contributed by atoms with Crippen LogP contribution < -0.4 is 21.3 Å². The molecule has 0 saturated carbocycles. The summed E-state index contributed by atoms with van der Waals surface area (Å²) < 4.78 is 0. The highest BCUT2D eigenvalue weighted by Gasteiger charge is 2.44. The normalized spacial score (nSPS) is 20.8. The van der Waals surface area contributed by atoms with Gasteiger partial charge in [-0.15, -0.1) is 0 Å². The van der Waals surface area contributed by atoms with Gasteiger partial charge in [-0.05, 0) is 66.0 Å². The molecule has 0 aromatic heterocycles. The lowest BCUT2D eigenvalue weighted by molar-refractivity contribution is -0.141. The van der Waals surface area contributed by atoms with E-state index in [0.717, 1.165) is 34.4 Å². The van der Waals surface area contributed by atoms with Crippen LogP contribution in [0.2, 0.25) is 0 Å². The molecule has 2 aliphatic heterocycles. The minimum absolute atomic E-state index is 0.00494. The first-order valence-electron chi connectivity index (χ1n) is 21.6. The molecule has 1 saturated heterocycles. The third-order valence-corrected chi connectivity index (χ3v) is 11.9. The van der Waals surface area contributed by atoms with Crippen LogP contribution >= 0.6 is 0 Å². The quantitative estimate of drug-likeness (QED) is 0.158. The van der Waals surface area contributed by atoms with E-state index in [1.165, 1.54) is 18.9 Å².